The van der Waals surface area contributed by atoms with Gasteiger partial charge >= 0.3 is 0 Å². The summed E-state index contributed by atoms with van der Waals surface area (Å²) in [5.41, 5.74) is 5.09. The van der Waals surface area contributed by atoms with Gasteiger partial charge in [0.05, 0.1) is 29.7 Å². The smallest absolute Gasteiger partial charge is 0.0831 e. The molecule has 1 N–H and O–H groups in total. The second-order valence-electron chi connectivity index (χ2n) is 5.26. The minimum absolute atomic E-state index is 0.429. The van der Waals surface area contributed by atoms with Crippen molar-refractivity contribution >= 4 is 0 Å². The van der Waals surface area contributed by atoms with E-state index in [4.69, 9.17) is 0 Å². The number of rotatable bonds is 5. The van der Waals surface area contributed by atoms with Gasteiger partial charge in [-0.25, -0.2) is 0 Å². The molecule has 0 aliphatic heterocycles. The van der Waals surface area contributed by atoms with E-state index in [1.165, 1.54) is 0 Å². The van der Waals surface area contributed by atoms with Gasteiger partial charge in [-0.3, -0.25) is 9.36 Å². The maximum atomic E-state index is 10.1. The molecule has 0 aliphatic carbocycles. The van der Waals surface area contributed by atoms with Gasteiger partial charge in [0, 0.05) is 17.8 Å². The molecule has 5 nitrogen and oxygen atoms in total. The molecule has 20 heavy (non-hydrogen) atoms. The Balaban J connectivity index is 2.35. The normalized spacial score (nSPS) is 12.9. The molecule has 0 amide bonds. The topological polar surface area (TPSA) is 55.9 Å². The summed E-state index contributed by atoms with van der Waals surface area (Å²) in [5, 5.41) is 19.1. The molecule has 0 radical (unpaired) electrons. The molecule has 1 unspecified atom stereocenters. The van der Waals surface area contributed by atoms with Gasteiger partial charge in [0.2, 0.25) is 0 Å². The fourth-order valence-electron chi connectivity index (χ4n) is 2.70. The van der Waals surface area contributed by atoms with Crippen LogP contribution in [-0.4, -0.2) is 24.7 Å². The van der Waals surface area contributed by atoms with Crippen molar-refractivity contribution in [2.45, 2.75) is 60.2 Å². The molecule has 110 valence electrons. The number of aromatic nitrogens is 4. The van der Waals surface area contributed by atoms with Crippen LogP contribution in [0.2, 0.25) is 0 Å². The van der Waals surface area contributed by atoms with E-state index in [0.29, 0.717) is 13.0 Å². The van der Waals surface area contributed by atoms with Crippen LogP contribution in [0.25, 0.3) is 0 Å². The maximum absolute atomic E-state index is 10.1. The second kappa shape index (κ2) is 5.79. The lowest BCUT2D eigenvalue weighted by molar-refractivity contribution is 0.172. The molecular weight excluding hydrogens is 252 g/mol. The second-order valence-corrected chi connectivity index (χ2v) is 5.26. The Labute approximate surface area is 120 Å². The highest BCUT2D eigenvalue weighted by Gasteiger charge is 2.18. The van der Waals surface area contributed by atoms with Crippen LogP contribution in [0.1, 0.15) is 54.7 Å². The lowest BCUT2D eigenvalue weighted by Gasteiger charge is -2.10. The number of hydrogen-bond donors (Lipinski definition) is 1. The average Bonchev–Trinajstić information content (AvgIpc) is 2.90. The highest BCUT2D eigenvalue weighted by Crippen LogP contribution is 2.24. The minimum Gasteiger partial charge on any atom is -0.388 e. The van der Waals surface area contributed by atoms with Gasteiger partial charge in [-0.2, -0.15) is 10.2 Å². The van der Waals surface area contributed by atoms with Crippen LogP contribution < -0.4 is 0 Å². The Bertz CT molecular complexity index is 597. The third-order valence-electron chi connectivity index (χ3n) is 3.75. The van der Waals surface area contributed by atoms with Crippen molar-refractivity contribution in [3.63, 3.8) is 0 Å². The van der Waals surface area contributed by atoms with Crippen LogP contribution in [0.4, 0.5) is 0 Å². The summed E-state index contributed by atoms with van der Waals surface area (Å²) < 4.78 is 3.97. The van der Waals surface area contributed by atoms with Crippen molar-refractivity contribution < 1.29 is 5.11 Å². The Hall–Kier alpha value is -1.62. The Kier molecular flexibility index (Phi) is 4.28. The highest BCUT2D eigenvalue weighted by molar-refractivity contribution is 5.27. The lowest BCUT2D eigenvalue weighted by Crippen LogP contribution is -2.10. The monoisotopic (exact) mass is 276 g/mol. The molecule has 2 rings (SSSR count). The standard InChI is InChI=1S/C15H24N4O/c1-6-14(20)15-11(4)17-19(12(15)5)9-13-8-10(3)16-18(13)7-2/h8,14,20H,6-7,9H2,1-5H3. The maximum Gasteiger partial charge on any atom is 0.0831 e. The largest absolute Gasteiger partial charge is 0.388 e. The molecule has 0 bridgehead atoms. The lowest BCUT2D eigenvalue weighted by atomic mass is 10.1. The van der Waals surface area contributed by atoms with Crippen molar-refractivity contribution in [1.29, 1.82) is 0 Å². The Morgan fingerprint density at radius 3 is 2.45 bits per heavy atom. The van der Waals surface area contributed by atoms with Crippen molar-refractivity contribution in [2.24, 2.45) is 0 Å². The molecule has 1 atom stereocenters. The van der Waals surface area contributed by atoms with Crippen molar-refractivity contribution in [2.75, 3.05) is 0 Å². The molecule has 0 fully saturated rings. The van der Waals surface area contributed by atoms with E-state index in [9.17, 15) is 5.11 Å². The van der Waals surface area contributed by atoms with E-state index in [1.54, 1.807) is 0 Å². The number of nitrogens with zero attached hydrogens (tertiary/aromatic N) is 4. The summed E-state index contributed by atoms with van der Waals surface area (Å²) in [7, 11) is 0. The van der Waals surface area contributed by atoms with Crippen LogP contribution >= 0.6 is 0 Å². The zero-order valence-electron chi connectivity index (χ0n) is 13.0. The van der Waals surface area contributed by atoms with Gasteiger partial charge < -0.3 is 5.11 Å². The van der Waals surface area contributed by atoms with Gasteiger partial charge in [-0.15, -0.1) is 0 Å². The molecule has 2 aromatic heterocycles. The number of aryl methyl sites for hydroxylation is 3. The fourth-order valence-corrected chi connectivity index (χ4v) is 2.70. The van der Waals surface area contributed by atoms with E-state index < -0.39 is 6.10 Å². The summed E-state index contributed by atoms with van der Waals surface area (Å²) in [6, 6.07) is 2.09. The van der Waals surface area contributed by atoms with Gasteiger partial charge in [-0.05, 0) is 40.2 Å². The predicted molar refractivity (Wildman–Crippen MR) is 78.7 cm³/mol. The summed E-state index contributed by atoms with van der Waals surface area (Å²) in [6.45, 7) is 11.6. The first-order valence-corrected chi connectivity index (χ1v) is 7.23. The van der Waals surface area contributed by atoms with Gasteiger partial charge in [-0.1, -0.05) is 6.92 Å². The van der Waals surface area contributed by atoms with Crippen molar-refractivity contribution in [3.05, 3.63) is 34.4 Å². The zero-order valence-corrected chi connectivity index (χ0v) is 13.0. The fraction of sp³-hybridized carbons (Fsp3) is 0.600. The van der Waals surface area contributed by atoms with Gasteiger partial charge in [0.15, 0.2) is 0 Å². The number of aliphatic hydroxyl groups excluding tert-OH is 1. The van der Waals surface area contributed by atoms with Crippen LogP contribution in [0.5, 0.6) is 0 Å². The quantitative estimate of drug-likeness (QED) is 0.913. The SMILES string of the molecule is CCC(O)c1c(C)nn(Cc2cc(C)nn2CC)c1C. The number of aliphatic hydroxyl groups is 1. The van der Waals surface area contributed by atoms with E-state index in [1.807, 2.05) is 37.1 Å². The summed E-state index contributed by atoms with van der Waals surface area (Å²) in [4.78, 5) is 0. The molecule has 0 aliphatic rings. The van der Waals surface area contributed by atoms with Crippen molar-refractivity contribution in [3.8, 4) is 0 Å². The third-order valence-corrected chi connectivity index (χ3v) is 3.75. The molecule has 0 spiro atoms. The van der Waals surface area contributed by atoms with Crippen LogP contribution in [0, 0.1) is 20.8 Å². The molecule has 0 aromatic carbocycles. The van der Waals surface area contributed by atoms with Crippen LogP contribution in [0.3, 0.4) is 0 Å². The van der Waals surface area contributed by atoms with E-state index in [0.717, 1.165) is 34.9 Å². The highest BCUT2D eigenvalue weighted by atomic mass is 16.3. The average molecular weight is 276 g/mol. The van der Waals surface area contributed by atoms with Crippen molar-refractivity contribution in [1.82, 2.24) is 19.6 Å². The molecular formula is C15H24N4O. The third kappa shape index (κ3) is 2.63. The molecule has 5 heteroatoms. The molecule has 0 saturated heterocycles. The van der Waals surface area contributed by atoms with Crippen LogP contribution in [0.15, 0.2) is 6.07 Å². The van der Waals surface area contributed by atoms with E-state index in [-0.39, 0.29) is 0 Å². The van der Waals surface area contributed by atoms with Gasteiger partial charge in [0.1, 0.15) is 0 Å². The first-order chi connectivity index (χ1) is 9.47. The van der Waals surface area contributed by atoms with E-state index >= 15 is 0 Å². The zero-order chi connectivity index (χ0) is 14.9. The number of hydrogen-bond acceptors (Lipinski definition) is 3. The van der Waals surface area contributed by atoms with E-state index in [2.05, 4.69) is 23.2 Å². The predicted octanol–water partition coefficient (Wildman–Crippen LogP) is 2.52. The first-order valence-electron chi connectivity index (χ1n) is 7.23. The Morgan fingerprint density at radius 2 is 1.85 bits per heavy atom. The summed E-state index contributed by atoms with van der Waals surface area (Å²) in [6.07, 6.45) is 0.279. The minimum atomic E-state index is -0.429. The summed E-state index contributed by atoms with van der Waals surface area (Å²) >= 11 is 0. The molecule has 0 saturated carbocycles. The Morgan fingerprint density at radius 1 is 1.15 bits per heavy atom. The summed E-state index contributed by atoms with van der Waals surface area (Å²) in [5.74, 6) is 0. The molecule has 2 aromatic rings. The van der Waals surface area contributed by atoms with Crippen LogP contribution in [-0.2, 0) is 13.1 Å². The first kappa shape index (κ1) is 14.8. The molecule has 2 heterocycles. The van der Waals surface area contributed by atoms with Gasteiger partial charge in [0.25, 0.3) is 0 Å².